The summed E-state index contributed by atoms with van der Waals surface area (Å²) in [4.78, 5) is 82.7. The van der Waals surface area contributed by atoms with E-state index in [1.165, 1.54) is 0 Å². The van der Waals surface area contributed by atoms with Gasteiger partial charge < -0.3 is 59.7 Å². The standard InChI is InChI=1S/C34H37NO9.C18H26N2O7/c36-31(35-16-17-41-18-19-42-23-32(37)38)15-14-25(34(40)44-21-24-8-2-1-3-9-24)20-33(39)43-22-30-28-12-6-4-10-26(28)27-11-5-7-13-29(27)30;19-15(18(24)27-12-14-4-2-1-3-5-14)6-7-16(21)20-8-9-25-10-11-26-13-17(22)23/h1-13,25,30H,14-23H2,(H,35,36)(H,37,38);1-5,15H,6-13,19H2,(H,20,21)(H,22,23)/t25-;15-/m10/s1. The van der Waals surface area contributed by atoms with Crippen LogP contribution in [0.15, 0.2) is 109 Å². The quantitative estimate of drug-likeness (QED) is 0.0261. The van der Waals surface area contributed by atoms with E-state index in [4.69, 9.17) is 49.1 Å². The van der Waals surface area contributed by atoms with E-state index in [-0.39, 0.29) is 122 Å². The monoisotopic (exact) mass is 985 g/mol. The van der Waals surface area contributed by atoms with Crippen molar-refractivity contribution in [3.05, 3.63) is 131 Å². The molecule has 382 valence electrons. The summed E-state index contributed by atoms with van der Waals surface area (Å²) in [5.41, 5.74) is 11.8. The first-order valence-electron chi connectivity index (χ1n) is 23.2. The molecule has 0 fully saturated rings. The molecule has 4 aromatic carbocycles. The second-order valence-electron chi connectivity index (χ2n) is 16.0. The van der Waals surface area contributed by atoms with Gasteiger partial charge in [-0.15, -0.1) is 0 Å². The molecule has 0 saturated carbocycles. The third-order valence-corrected chi connectivity index (χ3v) is 10.6. The number of fused-ring (bicyclic) bond motifs is 3. The fourth-order valence-corrected chi connectivity index (χ4v) is 7.03. The number of nitrogens with one attached hydrogen (secondary N) is 2. The number of benzene rings is 4. The van der Waals surface area contributed by atoms with Crippen LogP contribution in [0.25, 0.3) is 11.1 Å². The van der Waals surface area contributed by atoms with Crippen molar-refractivity contribution in [2.45, 2.75) is 57.3 Å². The predicted octanol–water partition coefficient (Wildman–Crippen LogP) is 4.18. The summed E-state index contributed by atoms with van der Waals surface area (Å²) in [5, 5.41) is 22.3. The minimum Gasteiger partial charge on any atom is -0.480 e. The van der Waals surface area contributed by atoms with Gasteiger partial charge in [-0.1, -0.05) is 109 Å². The number of esters is 3. The van der Waals surface area contributed by atoms with Gasteiger partial charge in [0.2, 0.25) is 11.8 Å². The summed E-state index contributed by atoms with van der Waals surface area (Å²) < 4.78 is 36.5. The lowest BCUT2D eigenvalue weighted by molar-refractivity contribution is -0.156. The first-order valence-corrected chi connectivity index (χ1v) is 23.2. The lowest BCUT2D eigenvalue weighted by Crippen LogP contribution is -2.35. The van der Waals surface area contributed by atoms with Crippen LogP contribution >= 0.6 is 0 Å². The van der Waals surface area contributed by atoms with Crippen molar-refractivity contribution in [1.29, 1.82) is 0 Å². The summed E-state index contributed by atoms with van der Waals surface area (Å²) in [7, 11) is 0. The molecular formula is C52H63N3O16. The Morgan fingerprint density at radius 3 is 1.45 bits per heavy atom. The highest BCUT2D eigenvalue weighted by molar-refractivity contribution is 5.83. The van der Waals surface area contributed by atoms with Crippen LogP contribution in [-0.2, 0) is 79.9 Å². The smallest absolute Gasteiger partial charge is 0.329 e. The van der Waals surface area contributed by atoms with Gasteiger partial charge in [0.1, 0.15) is 39.1 Å². The van der Waals surface area contributed by atoms with Crippen molar-refractivity contribution in [2.75, 3.05) is 72.6 Å². The van der Waals surface area contributed by atoms with E-state index in [0.717, 1.165) is 33.4 Å². The van der Waals surface area contributed by atoms with Crippen LogP contribution in [0, 0.1) is 5.92 Å². The van der Waals surface area contributed by atoms with E-state index in [2.05, 4.69) is 22.8 Å². The summed E-state index contributed by atoms with van der Waals surface area (Å²) in [6.07, 6.45) is 0.181. The van der Waals surface area contributed by atoms with Gasteiger partial charge in [0.15, 0.2) is 0 Å². The number of carboxylic acid groups (broad SMARTS) is 2. The number of carboxylic acids is 2. The number of amides is 2. The minimum absolute atomic E-state index is 0.00345. The number of carbonyl (C=O) groups excluding carboxylic acids is 5. The normalized spacial score (nSPS) is 12.2. The van der Waals surface area contributed by atoms with Crippen LogP contribution in [0.1, 0.15) is 60.3 Å². The topological polar surface area (TPSA) is 275 Å². The molecule has 2 atom stereocenters. The number of hydrogen-bond donors (Lipinski definition) is 5. The molecule has 1 aliphatic rings. The molecule has 6 N–H and O–H groups in total. The number of nitrogens with two attached hydrogens (primary N) is 1. The summed E-state index contributed by atoms with van der Waals surface area (Å²) in [6.45, 7) is 1.31. The van der Waals surface area contributed by atoms with Crippen LogP contribution in [0.3, 0.4) is 0 Å². The number of rotatable bonds is 32. The predicted molar refractivity (Wildman–Crippen MR) is 256 cm³/mol. The molecule has 0 bridgehead atoms. The summed E-state index contributed by atoms with van der Waals surface area (Å²) >= 11 is 0. The maximum absolute atomic E-state index is 13.0. The Balaban J connectivity index is 0.000000348. The van der Waals surface area contributed by atoms with E-state index in [0.29, 0.717) is 6.54 Å². The second-order valence-corrected chi connectivity index (χ2v) is 16.0. The van der Waals surface area contributed by atoms with Gasteiger partial charge in [0.25, 0.3) is 0 Å². The molecule has 1 aliphatic carbocycles. The van der Waals surface area contributed by atoms with E-state index in [1.54, 1.807) is 0 Å². The Bertz CT molecular complexity index is 2230. The van der Waals surface area contributed by atoms with Crippen LogP contribution < -0.4 is 16.4 Å². The van der Waals surface area contributed by atoms with Gasteiger partial charge in [-0.2, -0.15) is 0 Å². The zero-order valence-corrected chi connectivity index (χ0v) is 39.5. The lowest BCUT2D eigenvalue weighted by Gasteiger charge is -2.18. The van der Waals surface area contributed by atoms with Crippen LogP contribution in [0.4, 0.5) is 0 Å². The van der Waals surface area contributed by atoms with Gasteiger partial charge >= 0.3 is 29.8 Å². The maximum atomic E-state index is 13.0. The van der Waals surface area contributed by atoms with Gasteiger partial charge in [-0.25, -0.2) is 9.59 Å². The van der Waals surface area contributed by atoms with E-state index < -0.39 is 48.4 Å². The summed E-state index contributed by atoms with van der Waals surface area (Å²) in [5.74, 6) is -5.25. The summed E-state index contributed by atoms with van der Waals surface area (Å²) in [6, 6.07) is 33.7. The third kappa shape index (κ3) is 22.5. The fourth-order valence-electron chi connectivity index (χ4n) is 7.03. The molecule has 5 rings (SSSR count). The number of ether oxygens (including phenoxy) is 7. The lowest BCUT2D eigenvalue weighted by atomic mass is 9.97. The Hall–Kier alpha value is -7.03. The average molecular weight is 986 g/mol. The van der Waals surface area contributed by atoms with Crippen molar-refractivity contribution in [2.24, 2.45) is 11.7 Å². The van der Waals surface area contributed by atoms with Crippen LogP contribution in [-0.4, -0.2) is 130 Å². The fraction of sp³-hybridized carbons (Fsp3) is 0.404. The SMILES string of the molecule is N[C@@H](CCC(=O)NCCOCCOCC(=O)O)C(=O)OCc1ccccc1.O=C(O)COCCOCCNC(=O)CC[C@H](CC(=O)OCC1c2ccccc2-c2ccccc21)C(=O)OCc1ccccc1. The van der Waals surface area contributed by atoms with E-state index >= 15 is 0 Å². The van der Waals surface area contributed by atoms with Gasteiger partial charge in [0, 0.05) is 31.8 Å². The first-order chi connectivity index (χ1) is 34.4. The van der Waals surface area contributed by atoms with E-state index in [1.807, 2.05) is 97.1 Å². The second kappa shape index (κ2) is 32.7. The first kappa shape index (κ1) is 56.6. The number of carbonyl (C=O) groups is 7. The number of aliphatic carboxylic acids is 2. The molecule has 0 heterocycles. The molecular weight excluding hydrogens is 923 g/mol. The average Bonchev–Trinajstić information content (AvgIpc) is 3.70. The highest BCUT2D eigenvalue weighted by Gasteiger charge is 2.31. The molecule has 19 heteroatoms. The molecule has 0 saturated heterocycles. The molecule has 0 radical (unpaired) electrons. The largest absolute Gasteiger partial charge is 0.480 e. The molecule has 71 heavy (non-hydrogen) atoms. The van der Waals surface area contributed by atoms with Crippen molar-refractivity contribution in [3.63, 3.8) is 0 Å². The maximum Gasteiger partial charge on any atom is 0.329 e. The third-order valence-electron chi connectivity index (χ3n) is 10.6. The van der Waals surface area contributed by atoms with Crippen LogP contribution in [0.5, 0.6) is 0 Å². The Morgan fingerprint density at radius 2 is 0.958 bits per heavy atom. The Morgan fingerprint density at radius 1 is 0.521 bits per heavy atom. The molecule has 0 unspecified atom stereocenters. The van der Waals surface area contributed by atoms with Crippen molar-refractivity contribution in [3.8, 4) is 11.1 Å². The highest BCUT2D eigenvalue weighted by Crippen LogP contribution is 2.44. The minimum atomic E-state index is -1.06. The van der Waals surface area contributed by atoms with Gasteiger partial charge in [-0.05, 0) is 46.2 Å². The number of hydrogen-bond acceptors (Lipinski definition) is 15. The molecule has 2 amide bonds. The molecule has 19 nitrogen and oxygen atoms in total. The zero-order valence-electron chi connectivity index (χ0n) is 39.5. The molecule has 4 aromatic rings. The Kier molecular flexibility index (Phi) is 26.1. The molecule has 0 aliphatic heterocycles. The van der Waals surface area contributed by atoms with Crippen molar-refractivity contribution in [1.82, 2.24) is 10.6 Å². The molecule has 0 aromatic heterocycles. The van der Waals surface area contributed by atoms with Gasteiger partial charge in [-0.3, -0.25) is 24.0 Å². The van der Waals surface area contributed by atoms with Crippen molar-refractivity contribution < 1.29 is 76.9 Å². The Labute approximate surface area is 412 Å². The zero-order chi connectivity index (χ0) is 51.1. The van der Waals surface area contributed by atoms with Crippen LogP contribution in [0.2, 0.25) is 0 Å². The van der Waals surface area contributed by atoms with E-state index in [9.17, 15) is 33.6 Å². The molecule has 0 spiro atoms. The van der Waals surface area contributed by atoms with Crippen molar-refractivity contribution >= 4 is 41.7 Å². The van der Waals surface area contributed by atoms with Gasteiger partial charge in [0.05, 0.1) is 52.0 Å². The highest BCUT2D eigenvalue weighted by atomic mass is 16.6.